The summed E-state index contributed by atoms with van der Waals surface area (Å²) in [5.74, 6) is 0.235. The maximum atomic E-state index is 12.4. The number of benzene rings is 1. The summed E-state index contributed by atoms with van der Waals surface area (Å²) in [5.41, 5.74) is 1.83. The molecule has 1 saturated carbocycles. The molecular weight excluding hydrogens is 424 g/mol. The fourth-order valence-electron chi connectivity index (χ4n) is 4.25. The van der Waals surface area contributed by atoms with Crippen molar-refractivity contribution in [1.82, 2.24) is 5.32 Å². The average molecular weight is 465 g/mol. The lowest BCUT2D eigenvalue weighted by Crippen LogP contribution is -2.45. The van der Waals surface area contributed by atoms with Crippen molar-refractivity contribution < 1.29 is 28.5 Å². The van der Waals surface area contributed by atoms with Crippen molar-refractivity contribution in [3.63, 3.8) is 0 Å². The third kappa shape index (κ3) is 7.81. The van der Waals surface area contributed by atoms with E-state index >= 15 is 0 Å². The molecule has 1 aromatic rings. The zero-order valence-electron chi connectivity index (χ0n) is 21.2. The molecule has 0 atom stereocenters. The minimum atomic E-state index is -0.508. The van der Waals surface area contributed by atoms with E-state index in [2.05, 4.69) is 17.1 Å². The molecule has 1 amide bonds. The molecule has 0 heterocycles. The molecular formula is C25H40N2O6. The largest absolute Gasteiger partial charge is 0.491 e. The number of rotatable bonds is 9. The summed E-state index contributed by atoms with van der Waals surface area (Å²) < 4.78 is 21.3. The molecule has 186 valence electrons. The van der Waals surface area contributed by atoms with Gasteiger partial charge in [0, 0.05) is 37.5 Å². The van der Waals surface area contributed by atoms with Crippen LogP contribution in [0.4, 0.5) is 10.5 Å². The highest BCUT2D eigenvalue weighted by molar-refractivity contribution is 5.93. The minimum Gasteiger partial charge on any atom is -0.491 e. The standard InChI is InChI=1S/C25H40N2O6/c1-8-27(19-11-9-18(10-12-19)26-24(29)33-25(3,4)5)22-16-20(32-14-13-30-6)15-21(17(22)2)23(28)31-7/h15-16,18-19H,8-14H2,1-7H3,(H,26,29). The molecule has 1 aromatic carbocycles. The Morgan fingerprint density at radius 1 is 1.09 bits per heavy atom. The number of carbonyl (C=O) groups excluding carboxylic acids is 2. The van der Waals surface area contributed by atoms with Crippen LogP contribution >= 0.6 is 0 Å². The maximum absolute atomic E-state index is 12.4. The molecule has 1 N–H and O–H groups in total. The van der Waals surface area contributed by atoms with E-state index in [-0.39, 0.29) is 18.1 Å². The number of anilines is 1. The van der Waals surface area contributed by atoms with Gasteiger partial charge in [0.2, 0.25) is 0 Å². The number of esters is 1. The Kier molecular flexibility index (Phi) is 9.83. The Balaban J connectivity index is 2.16. The molecule has 0 aromatic heterocycles. The van der Waals surface area contributed by atoms with Gasteiger partial charge in [-0.25, -0.2) is 9.59 Å². The van der Waals surface area contributed by atoms with Crippen molar-refractivity contribution in [2.75, 3.05) is 38.9 Å². The van der Waals surface area contributed by atoms with Crippen LogP contribution in [0.3, 0.4) is 0 Å². The fraction of sp³-hybridized carbons (Fsp3) is 0.680. The highest BCUT2D eigenvalue weighted by atomic mass is 16.6. The molecule has 0 saturated heterocycles. The first-order valence-corrected chi connectivity index (χ1v) is 11.7. The molecule has 1 aliphatic rings. The number of methoxy groups -OCH3 is 2. The first-order chi connectivity index (χ1) is 15.6. The quantitative estimate of drug-likeness (QED) is 0.426. The lowest BCUT2D eigenvalue weighted by atomic mass is 9.89. The number of nitrogens with zero attached hydrogens (tertiary/aromatic N) is 1. The van der Waals surface area contributed by atoms with Crippen LogP contribution in [-0.4, -0.2) is 63.7 Å². The lowest BCUT2D eigenvalue weighted by Gasteiger charge is -2.39. The molecule has 33 heavy (non-hydrogen) atoms. The molecule has 8 heteroatoms. The van der Waals surface area contributed by atoms with Gasteiger partial charge in [-0.2, -0.15) is 0 Å². The van der Waals surface area contributed by atoms with Gasteiger partial charge in [-0.15, -0.1) is 0 Å². The summed E-state index contributed by atoms with van der Waals surface area (Å²) in [6, 6.07) is 4.12. The number of hydrogen-bond acceptors (Lipinski definition) is 7. The Bertz CT molecular complexity index is 797. The molecule has 0 unspecified atom stereocenters. The van der Waals surface area contributed by atoms with Crippen LogP contribution in [0.25, 0.3) is 0 Å². The third-order valence-electron chi connectivity index (χ3n) is 5.82. The monoisotopic (exact) mass is 464 g/mol. The van der Waals surface area contributed by atoms with Gasteiger partial charge in [0.1, 0.15) is 18.0 Å². The Labute approximate surface area is 197 Å². The fourth-order valence-corrected chi connectivity index (χ4v) is 4.25. The van der Waals surface area contributed by atoms with Crippen LogP contribution in [0.5, 0.6) is 5.75 Å². The summed E-state index contributed by atoms with van der Waals surface area (Å²) in [7, 11) is 3.01. The highest BCUT2D eigenvalue weighted by Gasteiger charge is 2.29. The van der Waals surface area contributed by atoms with Crippen LogP contribution in [0.2, 0.25) is 0 Å². The van der Waals surface area contributed by atoms with Gasteiger partial charge in [0.25, 0.3) is 0 Å². The summed E-state index contributed by atoms with van der Waals surface area (Å²) >= 11 is 0. The van der Waals surface area contributed by atoms with Crippen molar-refractivity contribution in [3.05, 3.63) is 23.3 Å². The van der Waals surface area contributed by atoms with E-state index in [1.54, 1.807) is 13.2 Å². The summed E-state index contributed by atoms with van der Waals surface area (Å²) in [5, 5.41) is 3.00. The average Bonchev–Trinajstić information content (AvgIpc) is 2.75. The summed E-state index contributed by atoms with van der Waals surface area (Å²) in [6.45, 7) is 11.3. The number of hydrogen-bond donors (Lipinski definition) is 1. The lowest BCUT2D eigenvalue weighted by molar-refractivity contribution is 0.0490. The number of ether oxygens (including phenoxy) is 4. The van der Waals surface area contributed by atoms with E-state index in [4.69, 9.17) is 18.9 Å². The van der Waals surface area contributed by atoms with Gasteiger partial charge in [-0.05, 0) is 71.9 Å². The summed E-state index contributed by atoms with van der Waals surface area (Å²) in [4.78, 5) is 26.9. The second-order valence-electron chi connectivity index (χ2n) is 9.39. The molecule has 8 nitrogen and oxygen atoms in total. The number of nitrogens with one attached hydrogen (secondary N) is 1. The molecule has 2 rings (SSSR count). The van der Waals surface area contributed by atoms with Crippen molar-refractivity contribution >= 4 is 17.7 Å². The van der Waals surface area contributed by atoms with E-state index in [0.717, 1.165) is 43.5 Å². The maximum Gasteiger partial charge on any atom is 0.407 e. The molecule has 0 radical (unpaired) electrons. The Hall–Kier alpha value is -2.48. The van der Waals surface area contributed by atoms with Gasteiger partial charge in [0.15, 0.2) is 0 Å². The Morgan fingerprint density at radius 3 is 2.30 bits per heavy atom. The molecule has 1 fully saturated rings. The van der Waals surface area contributed by atoms with Crippen LogP contribution in [0.15, 0.2) is 12.1 Å². The second-order valence-corrected chi connectivity index (χ2v) is 9.39. The van der Waals surface area contributed by atoms with E-state index < -0.39 is 5.60 Å². The molecule has 0 aliphatic heterocycles. The molecule has 0 bridgehead atoms. The van der Waals surface area contributed by atoms with Crippen molar-refractivity contribution in [2.45, 2.75) is 78.0 Å². The van der Waals surface area contributed by atoms with Gasteiger partial charge in [0.05, 0.1) is 19.3 Å². The number of alkyl carbamates (subject to hydrolysis) is 1. The highest BCUT2D eigenvalue weighted by Crippen LogP contribution is 2.34. The number of amides is 1. The minimum absolute atomic E-state index is 0.102. The van der Waals surface area contributed by atoms with E-state index in [9.17, 15) is 9.59 Å². The zero-order valence-corrected chi connectivity index (χ0v) is 21.2. The topological polar surface area (TPSA) is 86.3 Å². The first kappa shape index (κ1) is 26.8. The molecule has 1 aliphatic carbocycles. The van der Waals surface area contributed by atoms with Gasteiger partial charge < -0.3 is 29.2 Å². The second kappa shape index (κ2) is 12.1. The van der Waals surface area contributed by atoms with Crippen LogP contribution < -0.4 is 15.0 Å². The SMILES string of the molecule is CCN(c1cc(OCCOC)cc(C(=O)OC)c1C)C1CCC(NC(=O)OC(C)(C)C)CC1. The van der Waals surface area contributed by atoms with Gasteiger partial charge >= 0.3 is 12.1 Å². The zero-order chi connectivity index (χ0) is 24.6. The predicted octanol–water partition coefficient (Wildman–Crippen LogP) is 4.47. The van der Waals surface area contributed by atoms with Gasteiger partial charge in [-0.1, -0.05) is 0 Å². The van der Waals surface area contributed by atoms with Crippen molar-refractivity contribution in [1.29, 1.82) is 0 Å². The van der Waals surface area contributed by atoms with Crippen LogP contribution in [0.1, 0.15) is 69.3 Å². The van der Waals surface area contributed by atoms with Crippen LogP contribution in [0, 0.1) is 6.92 Å². The normalized spacial score (nSPS) is 18.4. The number of carbonyl (C=O) groups is 2. The third-order valence-corrected chi connectivity index (χ3v) is 5.82. The van der Waals surface area contributed by atoms with Crippen molar-refractivity contribution in [2.24, 2.45) is 0 Å². The van der Waals surface area contributed by atoms with Crippen LogP contribution in [-0.2, 0) is 14.2 Å². The smallest absolute Gasteiger partial charge is 0.407 e. The Morgan fingerprint density at radius 2 is 1.76 bits per heavy atom. The van der Waals surface area contributed by atoms with Crippen molar-refractivity contribution in [3.8, 4) is 5.75 Å². The summed E-state index contributed by atoms with van der Waals surface area (Å²) in [6.07, 6.45) is 3.23. The predicted molar refractivity (Wildman–Crippen MR) is 128 cm³/mol. The van der Waals surface area contributed by atoms with Gasteiger partial charge in [-0.3, -0.25) is 0 Å². The van der Waals surface area contributed by atoms with E-state index in [1.807, 2.05) is 33.8 Å². The van der Waals surface area contributed by atoms with E-state index in [1.165, 1.54) is 7.11 Å². The molecule has 0 spiro atoms. The van der Waals surface area contributed by atoms with E-state index in [0.29, 0.717) is 30.6 Å². The first-order valence-electron chi connectivity index (χ1n) is 11.7.